The largest absolute Gasteiger partial charge is 0.452 e. The van der Waals surface area contributed by atoms with E-state index in [1.54, 1.807) is 11.3 Å². The molecule has 3 aromatic rings. The quantitative estimate of drug-likeness (QED) is 0.637. The topological polar surface area (TPSA) is 26.3 Å². The molecule has 0 radical (unpaired) electrons. The number of carbonyl (C=O) groups is 1. The van der Waals surface area contributed by atoms with E-state index in [4.69, 9.17) is 4.74 Å². The number of benzene rings is 2. The van der Waals surface area contributed by atoms with Crippen molar-refractivity contribution in [3.63, 3.8) is 0 Å². The van der Waals surface area contributed by atoms with Crippen LogP contribution in [0.5, 0.6) is 5.75 Å². The van der Waals surface area contributed by atoms with E-state index in [0.29, 0.717) is 17.1 Å². The van der Waals surface area contributed by atoms with Gasteiger partial charge in [0.15, 0.2) is 5.76 Å². The fourth-order valence-electron chi connectivity index (χ4n) is 2.60. The van der Waals surface area contributed by atoms with Crippen LogP contribution in [-0.2, 0) is 0 Å². The molecule has 0 N–H and O–H groups in total. The smallest absolute Gasteiger partial charge is 0.232 e. The third kappa shape index (κ3) is 2.07. The molecule has 0 amide bonds. The normalized spacial score (nSPS) is 15.4. The standard InChI is InChI=1S/C19H12O2S/c20-18-14-9-4-5-10-15(14)21-19(18)17(16-11-6-12-22-16)13-7-2-1-3-8-13/h1-12H/b19-17+. The van der Waals surface area contributed by atoms with Gasteiger partial charge in [0.25, 0.3) is 0 Å². The molecule has 2 nitrogen and oxygen atoms in total. The highest BCUT2D eigenvalue weighted by atomic mass is 32.1. The van der Waals surface area contributed by atoms with Crippen molar-refractivity contribution in [1.82, 2.24) is 0 Å². The lowest BCUT2D eigenvalue weighted by Crippen LogP contribution is -2.03. The molecule has 2 aromatic carbocycles. The molecule has 0 saturated heterocycles. The Morgan fingerprint density at radius 2 is 1.64 bits per heavy atom. The third-order valence-corrected chi connectivity index (χ3v) is 4.49. The number of hydrogen-bond donors (Lipinski definition) is 0. The fourth-order valence-corrected chi connectivity index (χ4v) is 3.39. The maximum Gasteiger partial charge on any atom is 0.232 e. The minimum atomic E-state index is -0.0529. The van der Waals surface area contributed by atoms with Gasteiger partial charge in [-0.2, -0.15) is 0 Å². The number of ether oxygens (including phenoxy) is 1. The van der Waals surface area contributed by atoms with Gasteiger partial charge in [0, 0.05) is 10.5 Å². The van der Waals surface area contributed by atoms with Crippen LogP contribution in [-0.4, -0.2) is 5.78 Å². The van der Waals surface area contributed by atoms with Gasteiger partial charge in [0.1, 0.15) is 5.75 Å². The summed E-state index contributed by atoms with van der Waals surface area (Å²) in [6.45, 7) is 0. The minimum Gasteiger partial charge on any atom is -0.452 e. The Bertz CT molecular complexity index is 861. The Kier molecular flexibility index (Phi) is 3.13. The summed E-state index contributed by atoms with van der Waals surface area (Å²) in [5.74, 6) is 0.991. The Hall–Kier alpha value is -2.65. The number of Topliss-reactive ketones (excluding diaryl/α,β-unsaturated/α-hetero) is 1. The lowest BCUT2D eigenvalue weighted by molar-refractivity contribution is 0.101. The molecule has 1 aliphatic rings. The molecule has 0 unspecified atom stereocenters. The van der Waals surface area contributed by atoms with Crippen molar-refractivity contribution in [2.24, 2.45) is 0 Å². The van der Waals surface area contributed by atoms with E-state index in [-0.39, 0.29) is 5.78 Å². The van der Waals surface area contributed by atoms with Crippen molar-refractivity contribution in [2.75, 3.05) is 0 Å². The fraction of sp³-hybridized carbons (Fsp3) is 0. The van der Waals surface area contributed by atoms with Gasteiger partial charge in [0.2, 0.25) is 5.78 Å². The van der Waals surface area contributed by atoms with E-state index in [1.807, 2.05) is 72.1 Å². The lowest BCUT2D eigenvalue weighted by atomic mass is 10.00. The molecule has 4 rings (SSSR count). The zero-order valence-electron chi connectivity index (χ0n) is 11.7. The second kappa shape index (κ2) is 5.28. The molecule has 3 heteroatoms. The van der Waals surface area contributed by atoms with Crippen molar-refractivity contribution < 1.29 is 9.53 Å². The van der Waals surface area contributed by atoms with Crippen LogP contribution in [0, 0.1) is 0 Å². The first kappa shape index (κ1) is 13.0. The number of thiophene rings is 1. The van der Waals surface area contributed by atoms with Crippen LogP contribution in [0.15, 0.2) is 77.9 Å². The summed E-state index contributed by atoms with van der Waals surface area (Å²) in [4.78, 5) is 13.8. The molecular formula is C19H12O2S. The highest BCUT2D eigenvalue weighted by Crippen LogP contribution is 2.38. The molecule has 0 spiro atoms. The maximum atomic E-state index is 12.7. The number of hydrogen-bond acceptors (Lipinski definition) is 3. The summed E-state index contributed by atoms with van der Waals surface area (Å²) in [5, 5.41) is 2.01. The van der Waals surface area contributed by atoms with Gasteiger partial charge < -0.3 is 4.74 Å². The first-order chi connectivity index (χ1) is 10.8. The number of rotatable bonds is 2. The summed E-state index contributed by atoms with van der Waals surface area (Å²) in [6, 6.07) is 21.3. The molecule has 0 bridgehead atoms. The minimum absolute atomic E-state index is 0.0529. The molecule has 0 aliphatic carbocycles. The monoisotopic (exact) mass is 304 g/mol. The summed E-state index contributed by atoms with van der Waals surface area (Å²) in [5.41, 5.74) is 2.47. The van der Waals surface area contributed by atoms with Crippen LogP contribution in [0.4, 0.5) is 0 Å². The number of carbonyl (C=O) groups excluding carboxylic acids is 1. The van der Waals surface area contributed by atoms with Crippen LogP contribution in [0.25, 0.3) is 5.57 Å². The molecular weight excluding hydrogens is 292 g/mol. The van der Waals surface area contributed by atoms with E-state index >= 15 is 0 Å². The lowest BCUT2D eigenvalue weighted by Gasteiger charge is -2.09. The van der Waals surface area contributed by atoms with Crippen molar-refractivity contribution in [2.45, 2.75) is 0 Å². The molecule has 1 aliphatic heterocycles. The predicted molar refractivity (Wildman–Crippen MR) is 88.2 cm³/mol. The molecule has 1 aromatic heterocycles. The molecule has 0 atom stereocenters. The summed E-state index contributed by atoms with van der Waals surface area (Å²) in [7, 11) is 0. The highest BCUT2D eigenvalue weighted by molar-refractivity contribution is 7.11. The van der Waals surface area contributed by atoms with E-state index in [9.17, 15) is 4.79 Å². The van der Waals surface area contributed by atoms with Gasteiger partial charge in [0.05, 0.1) is 5.56 Å². The van der Waals surface area contributed by atoms with Gasteiger partial charge in [-0.3, -0.25) is 4.79 Å². The molecule has 0 saturated carbocycles. The Morgan fingerprint density at radius 3 is 2.36 bits per heavy atom. The Labute approximate surface area is 132 Å². The van der Waals surface area contributed by atoms with Crippen LogP contribution in [0.2, 0.25) is 0 Å². The first-order valence-electron chi connectivity index (χ1n) is 7.00. The summed E-state index contributed by atoms with van der Waals surface area (Å²) >= 11 is 1.60. The Balaban J connectivity index is 1.95. The van der Waals surface area contributed by atoms with Crippen molar-refractivity contribution in [3.8, 4) is 5.75 Å². The van der Waals surface area contributed by atoms with E-state index in [0.717, 1.165) is 16.0 Å². The second-order valence-corrected chi connectivity index (χ2v) is 5.92. The molecule has 0 fully saturated rings. The zero-order valence-corrected chi connectivity index (χ0v) is 12.5. The van der Waals surface area contributed by atoms with E-state index in [1.165, 1.54) is 0 Å². The Morgan fingerprint density at radius 1 is 0.864 bits per heavy atom. The predicted octanol–water partition coefficient (Wildman–Crippen LogP) is 4.78. The van der Waals surface area contributed by atoms with Crippen molar-refractivity contribution in [1.29, 1.82) is 0 Å². The number of fused-ring (bicyclic) bond motifs is 1. The summed E-state index contributed by atoms with van der Waals surface area (Å²) < 4.78 is 5.90. The van der Waals surface area contributed by atoms with Gasteiger partial charge in [-0.25, -0.2) is 0 Å². The van der Waals surface area contributed by atoms with Crippen LogP contribution < -0.4 is 4.74 Å². The number of ketones is 1. The molecule has 106 valence electrons. The number of para-hydroxylation sites is 1. The van der Waals surface area contributed by atoms with Crippen molar-refractivity contribution in [3.05, 3.63) is 93.9 Å². The SMILES string of the molecule is O=C1/C(=C(/c2ccccc2)c2cccs2)Oc2ccccc21. The van der Waals surface area contributed by atoms with E-state index in [2.05, 4.69) is 0 Å². The third-order valence-electron chi connectivity index (χ3n) is 3.61. The van der Waals surface area contributed by atoms with Crippen LogP contribution in [0.3, 0.4) is 0 Å². The maximum absolute atomic E-state index is 12.7. The zero-order chi connectivity index (χ0) is 14.9. The summed E-state index contributed by atoms with van der Waals surface area (Å²) in [6.07, 6.45) is 0. The molecule has 22 heavy (non-hydrogen) atoms. The second-order valence-electron chi connectivity index (χ2n) is 4.97. The average Bonchev–Trinajstić information content (AvgIpc) is 3.19. The average molecular weight is 304 g/mol. The first-order valence-corrected chi connectivity index (χ1v) is 7.88. The van der Waals surface area contributed by atoms with Crippen LogP contribution >= 0.6 is 11.3 Å². The van der Waals surface area contributed by atoms with Crippen molar-refractivity contribution >= 4 is 22.7 Å². The van der Waals surface area contributed by atoms with Gasteiger partial charge in [-0.15, -0.1) is 11.3 Å². The van der Waals surface area contributed by atoms with Gasteiger partial charge in [-0.1, -0.05) is 48.5 Å². The van der Waals surface area contributed by atoms with Gasteiger partial charge >= 0.3 is 0 Å². The van der Waals surface area contributed by atoms with Crippen LogP contribution in [0.1, 0.15) is 20.8 Å². The number of allylic oxidation sites excluding steroid dienone is 1. The highest BCUT2D eigenvalue weighted by Gasteiger charge is 2.31. The molecule has 2 heterocycles. The van der Waals surface area contributed by atoms with Gasteiger partial charge in [-0.05, 0) is 29.1 Å². The van der Waals surface area contributed by atoms with E-state index < -0.39 is 0 Å².